The minimum absolute atomic E-state index is 0.193. The highest BCUT2D eigenvalue weighted by molar-refractivity contribution is 6.13. The fraction of sp³-hybridized carbons (Fsp3) is 0.0588. The van der Waals surface area contributed by atoms with Crippen LogP contribution in [0.4, 0.5) is 5.69 Å². The lowest BCUT2D eigenvalue weighted by atomic mass is 10.1. The summed E-state index contributed by atoms with van der Waals surface area (Å²) in [6.45, 7) is 0. The van der Waals surface area contributed by atoms with Gasteiger partial charge in [0, 0.05) is 35.9 Å². The smallest absolute Gasteiger partial charge is 0.256 e. The number of hydrogen-bond acceptors (Lipinski definition) is 4. The number of nitrogens with zero attached hydrogens (tertiary/aromatic N) is 5. The van der Waals surface area contributed by atoms with Crippen LogP contribution in [0.3, 0.4) is 0 Å². The molecule has 0 aliphatic rings. The fourth-order valence-corrected chi connectivity index (χ4v) is 2.68. The van der Waals surface area contributed by atoms with Gasteiger partial charge < -0.3 is 9.88 Å². The number of aromatic nitrogens is 5. The molecule has 0 aliphatic heterocycles. The van der Waals surface area contributed by atoms with E-state index in [0.717, 1.165) is 10.9 Å². The summed E-state index contributed by atoms with van der Waals surface area (Å²) in [4.78, 5) is 21.0. The number of carbonyl (C=O) groups is 1. The first-order valence-electron chi connectivity index (χ1n) is 7.39. The molecular formula is C17H14N6O. The highest BCUT2D eigenvalue weighted by Crippen LogP contribution is 2.22. The number of hydrogen-bond donors (Lipinski definition) is 1. The Kier molecular flexibility index (Phi) is 3.31. The minimum Gasteiger partial charge on any atom is -0.351 e. The van der Waals surface area contributed by atoms with Gasteiger partial charge in [0.15, 0.2) is 5.82 Å². The quantitative estimate of drug-likeness (QED) is 0.629. The van der Waals surface area contributed by atoms with Gasteiger partial charge >= 0.3 is 0 Å². The Morgan fingerprint density at radius 3 is 2.92 bits per heavy atom. The van der Waals surface area contributed by atoms with E-state index in [0.29, 0.717) is 17.1 Å². The predicted octanol–water partition coefficient (Wildman–Crippen LogP) is 2.41. The van der Waals surface area contributed by atoms with Crippen LogP contribution in [-0.4, -0.2) is 30.2 Å². The van der Waals surface area contributed by atoms with Gasteiger partial charge in [-0.2, -0.15) is 5.10 Å². The van der Waals surface area contributed by atoms with E-state index in [-0.39, 0.29) is 5.91 Å². The number of nitrogens with one attached hydrogen (secondary N) is 1. The number of anilines is 1. The van der Waals surface area contributed by atoms with E-state index in [9.17, 15) is 4.79 Å². The summed E-state index contributed by atoms with van der Waals surface area (Å²) in [7, 11) is 1.95. The summed E-state index contributed by atoms with van der Waals surface area (Å²) in [5, 5.41) is 7.89. The van der Waals surface area contributed by atoms with Gasteiger partial charge in [0.25, 0.3) is 5.91 Å². The number of amides is 1. The minimum atomic E-state index is -0.193. The standard InChI is InChI=1S/C17H14N6O/c1-22-9-7-12-13(4-2-6-15(12)22)17(24)21-14-5-3-8-19-16(14)23-11-18-10-20-23/h2-11H,1H3,(H,21,24). The largest absolute Gasteiger partial charge is 0.351 e. The molecule has 1 aromatic carbocycles. The van der Waals surface area contributed by atoms with Gasteiger partial charge in [-0.3, -0.25) is 4.79 Å². The molecule has 0 atom stereocenters. The molecular weight excluding hydrogens is 304 g/mol. The molecule has 0 unspecified atom stereocenters. The predicted molar refractivity (Wildman–Crippen MR) is 90.0 cm³/mol. The Hall–Kier alpha value is -3.48. The zero-order chi connectivity index (χ0) is 16.5. The van der Waals surface area contributed by atoms with Crippen LogP contribution in [0.5, 0.6) is 0 Å². The molecule has 0 saturated heterocycles. The first-order chi connectivity index (χ1) is 11.7. The number of carbonyl (C=O) groups excluding carboxylic acids is 1. The number of aryl methyl sites for hydroxylation is 1. The monoisotopic (exact) mass is 318 g/mol. The maximum absolute atomic E-state index is 12.8. The summed E-state index contributed by atoms with van der Waals surface area (Å²) in [6.07, 6.45) is 6.54. The summed E-state index contributed by atoms with van der Waals surface area (Å²) in [5.41, 5.74) is 2.19. The number of rotatable bonds is 3. The van der Waals surface area contributed by atoms with Crippen molar-refractivity contribution >= 4 is 22.5 Å². The van der Waals surface area contributed by atoms with Gasteiger partial charge in [-0.25, -0.2) is 14.6 Å². The lowest BCUT2D eigenvalue weighted by Crippen LogP contribution is -2.15. The first kappa shape index (κ1) is 14.1. The molecule has 0 spiro atoms. The van der Waals surface area contributed by atoms with Crippen molar-refractivity contribution in [1.82, 2.24) is 24.3 Å². The van der Waals surface area contributed by atoms with Gasteiger partial charge in [0.05, 0.1) is 5.69 Å². The summed E-state index contributed by atoms with van der Waals surface area (Å²) in [5.74, 6) is 0.324. The second kappa shape index (κ2) is 5.62. The molecule has 118 valence electrons. The number of pyridine rings is 1. The highest BCUT2D eigenvalue weighted by atomic mass is 16.1. The van der Waals surface area contributed by atoms with Crippen molar-refractivity contribution in [3.05, 3.63) is 67.0 Å². The van der Waals surface area contributed by atoms with E-state index in [1.807, 2.05) is 42.1 Å². The number of fused-ring (bicyclic) bond motifs is 1. The average molecular weight is 318 g/mol. The van der Waals surface area contributed by atoms with Gasteiger partial charge in [0.1, 0.15) is 12.7 Å². The Labute approximate surface area is 137 Å². The molecule has 0 aliphatic carbocycles. The van der Waals surface area contributed by atoms with Gasteiger partial charge in [-0.05, 0) is 30.3 Å². The Balaban J connectivity index is 1.72. The van der Waals surface area contributed by atoms with Crippen molar-refractivity contribution < 1.29 is 4.79 Å². The topological polar surface area (TPSA) is 77.6 Å². The van der Waals surface area contributed by atoms with Crippen molar-refractivity contribution in [3.8, 4) is 5.82 Å². The fourth-order valence-electron chi connectivity index (χ4n) is 2.68. The van der Waals surface area contributed by atoms with Crippen molar-refractivity contribution in [2.45, 2.75) is 0 Å². The molecule has 24 heavy (non-hydrogen) atoms. The molecule has 4 rings (SSSR count). The van der Waals surface area contributed by atoms with Crippen LogP contribution < -0.4 is 5.32 Å². The Bertz CT molecular complexity index is 1020. The van der Waals surface area contributed by atoms with Gasteiger partial charge in [-0.15, -0.1) is 0 Å². The van der Waals surface area contributed by atoms with Crippen molar-refractivity contribution in [1.29, 1.82) is 0 Å². The lowest BCUT2D eigenvalue weighted by molar-refractivity contribution is 0.102. The molecule has 4 aromatic rings. The second-order valence-electron chi connectivity index (χ2n) is 5.33. The molecule has 3 aromatic heterocycles. The molecule has 0 saturated carbocycles. The summed E-state index contributed by atoms with van der Waals surface area (Å²) < 4.78 is 3.50. The van der Waals surface area contributed by atoms with Crippen molar-refractivity contribution in [2.24, 2.45) is 7.05 Å². The third-order valence-corrected chi connectivity index (χ3v) is 3.84. The summed E-state index contributed by atoms with van der Waals surface area (Å²) in [6, 6.07) is 11.1. The number of benzene rings is 1. The van der Waals surface area contributed by atoms with E-state index < -0.39 is 0 Å². The first-order valence-corrected chi connectivity index (χ1v) is 7.39. The van der Waals surface area contributed by atoms with Crippen LogP contribution in [0.1, 0.15) is 10.4 Å². The molecule has 1 amide bonds. The van der Waals surface area contributed by atoms with Gasteiger partial charge in [0.2, 0.25) is 0 Å². The maximum atomic E-state index is 12.8. The van der Waals surface area contributed by atoms with E-state index >= 15 is 0 Å². The molecule has 7 heteroatoms. The van der Waals surface area contributed by atoms with E-state index in [4.69, 9.17) is 0 Å². The Morgan fingerprint density at radius 1 is 1.17 bits per heavy atom. The molecule has 1 N–H and O–H groups in total. The molecule has 3 heterocycles. The van der Waals surface area contributed by atoms with Crippen LogP contribution in [0.2, 0.25) is 0 Å². The van der Waals surface area contributed by atoms with Crippen LogP contribution >= 0.6 is 0 Å². The average Bonchev–Trinajstić information content (AvgIpc) is 3.26. The molecule has 0 bridgehead atoms. The SMILES string of the molecule is Cn1ccc2c(C(=O)Nc3cccnc3-n3cncn3)cccc21. The molecule has 0 radical (unpaired) electrons. The van der Waals surface area contributed by atoms with Gasteiger partial charge in [-0.1, -0.05) is 6.07 Å². The van der Waals surface area contributed by atoms with Crippen LogP contribution in [0.25, 0.3) is 16.7 Å². The lowest BCUT2D eigenvalue weighted by Gasteiger charge is -2.10. The zero-order valence-electron chi connectivity index (χ0n) is 12.9. The van der Waals surface area contributed by atoms with E-state index in [1.165, 1.54) is 17.3 Å². The van der Waals surface area contributed by atoms with Crippen LogP contribution in [0.15, 0.2) is 61.4 Å². The van der Waals surface area contributed by atoms with Crippen LogP contribution in [0, 0.1) is 0 Å². The van der Waals surface area contributed by atoms with Crippen molar-refractivity contribution in [3.63, 3.8) is 0 Å². The van der Waals surface area contributed by atoms with E-state index in [1.54, 1.807) is 18.3 Å². The normalized spacial score (nSPS) is 10.9. The third-order valence-electron chi connectivity index (χ3n) is 3.84. The molecule has 7 nitrogen and oxygen atoms in total. The van der Waals surface area contributed by atoms with Crippen LogP contribution in [-0.2, 0) is 7.05 Å². The maximum Gasteiger partial charge on any atom is 0.256 e. The molecule has 0 fully saturated rings. The van der Waals surface area contributed by atoms with E-state index in [2.05, 4.69) is 20.4 Å². The third kappa shape index (κ3) is 2.32. The second-order valence-corrected chi connectivity index (χ2v) is 5.33. The summed E-state index contributed by atoms with van der Waals surface area (Å²) >= 11 is 0. The zero-order valence-corrected chi connectivity index (χ0v) is 12.9. The highest BCUT2D eigenvalue weighted by Gasteiger charge is 2.14. The Morgan fingerprint density at radius 2 is 2.08 bits per heavy atom. The van der Waals surface area contributed by atoms with Crippen molar-refractivity contribution in [2.75, 3.05) is 5.32 Å².